The van der Waals surface area contributed by atoms with Gasteiger partial charge in [-0.1, -0.05) is 39.8 Å². The number of piperazine rings is 1. The predicted octanol–water partition coefficient (Wildman–Crippen LogP) is 6.41. The van der Waals surface area contributed by atoms with Crippen LogP contribution in [-0.4, -0.2) is 92.0 Å². The monoisotopic (exact) mass is 618 g/mol. The van der Waals surface area contributed by atoms with Crippen molar-refractivity contribution >= 4 is 32.0 Å². The Hall–Kier alpha value is -3.05. The Morgan fingerprint density at radius 1 is 1.02 bits per heavy atom. The molecule has 1 fully saturated rings. The van der Waals surface area contributed by atoms with E-state index in [1.54, 1.807) is 27.7 Å². The first-order chi connectivity index (χ1) is 19.8. The van der Waals surface area contributed by atoms with Gasteiger partial charge in [0.25, 0.3) is 0 Å². The highest BCUT2D eigenvalue weighted by Crippen LogP contribution is 2.40. The van der Waals surface area contributed by atoms with Gasteiger partial charge in [-0.3, -0.25) is 4.90 Å². The van der Waals surface area contributed by atoms with Crippen LogP contribution in [0.5, 0.6) is 5.75 Å². The van der Waals surface area contributed by atoms with Gasteiger partial charge in [0, 0.05) is 25.6 Å². The first-order valence-electron chi connectivity index (χ1n) is 15.1. The van der Waals surface area contributed by atoms with Gasteiger partial charge in [-0.05, 0) is 75.5 Å². The topological polar surface area (TPSA) is 115 Å². The Kier molecular flexibility index (Phi) is 10.6. The molecule has 2 aliphatic heterocycles. The third-order valence-electron chi connectivity index (χ3n) is 8.29. The van der Waals surface area contributed by atoms with Gasteiger partial charge in [-0.25, -0.2) is 14.4 Å². The largest absolute Gasteiger partial charge is 0.493 e. The van der Waals surface area contributed by atoms with E-state index in [4.69, 9.17) is 18.6 Å². The summed E-state index contributed by atoms with van der Waals surface area (Å²) in [4.78, 5) is 41.4. The van der Waals surface area contributed by atoms with Crippen LogP contribution in [0.3, 0.4) is 0 Å². The molecule has 1 saturated heterocycles. The number of ether oxygens (including phenoxy) is 3. The summed E-state index contributed by atoms with van der Waals surface area (Å²) in [6.45, 7) is 21.7. The number of rotatable bonds is 9. The predicted molar refractivity (Wildman–Crippen MR) is 168 cm³/mol. The number of nitrogens with zero attached hydrogens (tertiary/aromatic N) is 2. The highest BCUT2D eigenvalue weighted by Gasteiger charge is 2.48. The molecule has 11 heteroatoms. The molecule has 2 amide bonds. The molecule has 1 aromatic carbocycles. The Bertz CT molecular complexity index is 1200. The second kappa shape index (κ2) is 13.3. The molecule has 0 spiro atoms. The number of hydrogen-bond donors (Lipinski definition) is 1. The zero-order valence-electron chi connectivity index (χ0n) is 27.5. The van der Waals surface area contributed by atoms with E-state index >= 15 is 0 Å². The van der Waals surface area contributed by atoms with E-state index in [1.165, 1.54) is 9.80 Å². The summed E-state index contributed by atoms with van der Waals surface area (Å²) in [6, 6.07) is 6.06. The lowest BCUT2D eigenvalue weighted by Crippen LogP contribution is -2.64. The van der Waals surface area contributed by atoms with E-state index in [2.05, 4.69) is 40.8 Å². The van der Waals surface area contributed by atoms with Crippen LogP contribution >= 0.6 is 0 Å². The molecule has 0 unspecified atom stereocenters. The molecule has 3 rings (SSSR count). The van der Waals surface area contributed by atoms with Crippen LogP contribution in [-0.2, 0) is 18.7 Å². The number of hydrogen-bond acceptors (Lipinski definition) is 7. The van der Waals surface area contributed by atoms with Crippen LogP contribution in [0, 0.1) is 5.92 Å². The molecule has 0 aromatic heterocycles. The van der Waals surface area contributed by atoms with E-state index < -0.39 is 44.2 Å². The maximum Gasteiger partial charge on any atom is 0.410 e. The van der Waals surface area contributed by atoms with E-state index in [1.807, 2.05) is 24.3 Å². The standard InChI is InChI=1S/C32H50N2O8Si/c1-11-39-28(35)27-25(16-23-17-33(30(38)42-31(3,4)5)18-26(27)34(23)29(36)37)22-12-14-24(15-13-22)40-19-21(2)20-41-43(9,10)32(6,7)8/h12-15,21,23,26H,11,16-20H2,1-10H3,(H,36,37)/t21-,23+,26+/m0/s1. The van der Waals surface area contributed by atoms with Gasteiger partial charge >= 0.3 is 18.2 Å². The number of amides is 2. The molecule has 1 N–H and O–H groups in total. The Labute approximate surface area is 257 Å². The molecular weight excluding hydrogens is 568 g/mol. The molecule has 10 nitrogen and oxygen atoms in total. The SMILES string of the molecule is CCOC(=O)C1=C(c2ccc(OC[C@H](C)CO[Si](C)(C)C(C)(C)C)cc2)C[C@@H]2CN(C(=O)OC(C)(C)C)C[C@H]1N2C(=O)O. The third-order valence-corrected chi connectivity index (χ3v) is 12.8. The minimum absolute atomic E-state index is 0.00854. The Morgan fingerprint density at radius 2 is 1.65 bits per heavy atom. The number of carboxylic acid groups (broad SMARTS) is 1. The van der Waals surface area contributed by atoms with E-state index in [9.17, 15) is 19.5 Å². The molecule has 3 atom stereocenters. The molecule has 0 radical (unpaired) electrons. The van der Waals surface area contributed by atoms with Gasteiger partial charge in [-0.15, -0.1) is 0 Å². The highest BCUT2D eigenvalue weighted by molar-refractivity contribution is 6.74. The Balaban J connectivity index is 1.83. The van der Waals surface area contributed by atoms with Crippen molar-refractivity contribution in [1.82, 2.24) is 9.80 Å². The molecule has 240 valence electrons. The van der Waals surface area contributed by atoms with Crippen molar-refractivity contribution in [2.45, 2.75) is 97.6 Å². The van der Waals surface area contributed by atoms with Crippen LogP contribution in [0.2, 0.25) is 18.1 Å². The summed E-state index contributed by atoms with van der Waals surface area (Å²) in [7, 11) is -1.84. The molecule has 0 saturated carbocycles. The molecule has 0 aliphatic carbocycles. The van der Waals surface area contributed by atoms with E-state index in [-0.39, 0.29) is 42.6 Å². The molecule has 2 heterocycles. The lowest BCUT2D eigenvalue weighted by Gasteiger charge is -2.49. The fraction of sp³-hybridized carbons (Fsp3) is 0.656. The number of esters is 1. The average molecular weight is 619 g/mol. The summed E-state index contributed by atoms with van der Waals surface area (Å²) in [5.41, 5.74) is 1.05. The van der Waals surface area contributed by atoms with E-state index in [0.29, 0.717) is 19.0 Å². The van der Waals surface area contributed by atoms with Crippen molar-refractivity contribution in [3.8, 4) is 5.75 Å². The molecule has 2 aliphatic rings. The van der Waals surface area contributed by atoms with Crippen LogP contribution in [0.4, 0.5) is 9.59 Å². The maximum absolute atomic E-state index is 13.3. The van der Waals surface area contributed by atoms with Gasteiger partial charge in [0.1, 0.15) is 11.4 Å². The fourth-order valence-electron chi connectivity index (χ4n) is 5.02. The van der Waals surface area contributed by atoms with Gasteiger partial charge in [0.15, 0.2) is 8.32 Å². The lowest BCUT2D eigenvalue weighted by atomic mass is 9.82. The first-order valence-corrected chi connectivity index (χ1v) is 18.0. The van der Waals surface area contributed by atoms with Gasteiger partial charge in [-0.2, -0.15) is 0 Å². The summed E-state index contributed by atoms with van der Waals surface area (Å²) in [5, 5.41) is 10.2. The van der Waals surface area contributed by atoms with Gasteiger partial charge < -0.3 is 28.6 Å². The molecule has 1 aromatic rings. The van der Waals surface area contributed by atoms with Crippen molar-refractivity contribution in [2.24, 2.45) is 5.92 Å². The smallest absolute Gasteiger partial charge is 0.410 e. The number of fused-ring (bicyclic) bond motifs is 2. The zero-order chi connectivity index (χ0) is 32.3. The van der Waals surface area contributed by atoms with Crippen molar-refractivity contribution < 1.29 is 38.1 Å². The van der Waals surface area contributed by atoms with E-state index in [0.717, 1.165) is 11.1 Å². The van der Waals surface area contributed by atoms with Crippen LogP contribution < -0.4 is 4.74 Å². The Morgan fingerprint density at radius 3 is 2.19 bits per heavy atom. The molecule has 2 bridgehead atoms. The normalized spacial score (nSPS) is 20.0. The minimum Gasteiger partial charge on any atom is -0.493 e. The highest BCUT2D eigenvalue weighted by atomic mass is 28.4. The summed E-state index contributed by atoms with van der Waals surface area (Å²) >= 11 is 0. The number of carbonyl (C=O) groups is 3. The second-order valence-electron chi connectivity index (χ2n) is 14.1. The second-order valence-corrected chi connectivity index (χ2v) is 18.9. The third kappa shape index (κ3) is 8.53. The molecular formula is C32H50N2O8Si. The van der Waals surface area contributed by atoms with Crippen molar-refractivity contribution in [3.63, 3.8) is 0 Å². The fourth-order valence-corrected chi connectivity index (χ4v) is 6.15. The summed E-state index contributed by atoms with van der Waals surface area (Å²) in [6.07, 6.45) is -1.43. The van der Waals surface area contributed by atoms with Crippen molar-refractivity contribution in [1.29, 1.82) is 0 Å². The average Bonchev–Trinajstić information content (AvgIpc) is 2.88. The quantitative estimate of drug-likeness (QED) is 0.249. The van der Waals surface area contributed by atoms with Crippen LogP contribution in [0.15, 0.2) is 29.8 Å². The minimum atomic E-state index is -1.84. The summed E-state index contributed by atoms with van der Waals surface area (Å²) < 4.78 is 23.4. The first kappa shape index (κ1) is 34.4. The lowest BCUT2D eigenvalue weighted by molar-refractivity contribution is -0.139. The van der Waals surface area contributed by atoms with Gasteiger partial charge in [0.05, 0.1) is 30.9 Å². The zero-order valence-corrected chi connectivity index (χ0v) is 28.5. The van der Waals surface area contributed by atoms with Gasteiger partial charge in [0.2, 0.25) is 0 Å². The van der Waals surface area contributed by atoms with Crippen LogP contribution in [0.25, 0.3) is 5.57 Å². The number of carbonyl (C=O) groups excluding carboxylic acids is 2. The summed E-state index contributed by atoms with van der Waals surface area (Å²) in [5.74, 6) is 0.314. The van der Waals surface area contributed by atoms with Crippen LogP contribution in [0.1, 0.15) is 67.4 Å². The van der Waals surface area contributed by atoms with Crippen molar-refractivity contribution in [2.75, 3.05) is 32.9 Å². The molecule has 43 heavy (non-hydrogen) atoms. The number of benzene rings is 1. The van der Waals surface area contributed by atoms with Crippen molar-refractivity contribution in [3.05, 3.63) is 35.4 Å². The maximum atomic E-state index is 13.3.